The number of hydrogen-bond acceptors (Lipinski definition) is 2. The van der Waals surface area contributed by atoms with E-state index in [1.807, 2.05) is 31.2 Å². The van der Waals surface area contributed by atoms with Crippen LogP contribution in [-0.4, -0.2) is 9.97 Å². The Balaban J connectivity index is 2.54. The highest BCUT2D eigenvalue weighted by Gasteiger charge is 2.06. The van der Waals surface area contributed by atoms with Gasteiger partial charge in [-0.2, -0.15) is 0 Å². The van der Waals surface area contributed by atoms with Crippen molar-refractivity contribution >= 4 is 21.9 Å². The van der Waals surface area contributed by atoms with Crippen LogP contribution < -0.4 is 5.73 Å². The number of halogens is 1. The number of anilines is 1. The zero-order chi connectivity index (χ0) is 10.1. The molecule has 2 aromatic rings. The molecule has 1 aromatic carbocycles. The lowest BCUT2D eigenvalue weighted by Gasteiger charge is -1.98. The summed E-state index contributed by atoms with van der Waals surface area (Å²) in [6, 6.07) is 7.98. The zero-order valence-electron chi connectivity index (χ0n) is 7.71. The van der Waals surface area contributed by atoms with Crippen molar-refractivity contribution in [2.24, 2.45) is 0 Å². The molecule has 0 saturated heterocycles. The average molecular weight is 252 g/mol. The van der Waals surface area contributed by atoms with Crippen LogP contribution in [0, 0.1) is 6.92 Å². The number of aryl methyl sites for hydroxylation is 1. The summed E-state index contributed by atoms with van der Waals surface area (Å²) in [6.45, 7) is 1.96. The number of nitrogen functional groups attached to an aromatic ring is 1. The molecule has 0 bridgehead atoms. The molecule has 0 fully saturated rings. The van der Waals surface area contributed by atoms with Crippen LogP contribution in [0.25, 0.3) is 11.3 Å². The van der Waals surface area contributed by atoms with E-state index in [1.54, 1.807) is 0 Å². The van der Waals surface area contributed by atoms with Crippen LogP contribution in [0.3, 0.4) is 0 Å². The molecule has 0 aliphatic rings. The molecular formula is C10H10BrN3. The van der Waals surface area contributed by atoms with Gasteiger partial charge in [0.2, 0.25) is 0 Å². The summed E-state index contributed by atoms with van der Waals surface area (Å²) in [5.74, 6) is 0.456. The molecule has 3 nitrogen and oxygen atoms in total. The van der Waals surface area contributed by atoms with E-state index in [2.05, 4.69) is 25.9 Å². The predicted octanol–water partition coefficient (Wildman–Crippen LogP) is 2.73. The van der Waals surface area contributed by atoms with Gasteiger partial charge >= 0.3 is 0 Å². The molecule has 0 aliphatic heterocycles. The van der Waals surface area contributed by atoms with Crippen LogP contribution in [0.2, 0.25) is 0 Å². The second-order valence-electron chi connectivity index (χ2n) is 3.11. The summed E-state index contributed by atoms with van der Waals surface area (Å²) in [7, 11) is 0. The van der Waals surface area contributed by atoms with Gasteiger partial charge in [0.05, 0.1) is 5.69 Å². The van der Waals surface area contributed by atoms with Crippen molar-refractivity contribution in [3.63, 3.8) is 0 Å². The molecule has 0 spiro atoms. The number of aromatic amines is 1. The van der Waals surface area contributed by atoms with E-state index in [9.17, 15) is 0 Å². The molecule has 0 aliphatic carbocycles. The third-order valence-electron chi connectivity index (χ3n) is 2.00. The summed E-state index contributed by atoms with van der Waals surface area (Å²) in [6.07, 6.45) is 0. The first-order chi connectivity index (χ1) is 6.66. The predicted molar refractivity (Wildman–Crippen MR) is 60.9 cm³/mol. The molecule has 0 unspecified atom stereocenters. The first kappa shape index (κ1) is 9.27. The van der Waals surface area contributed by atoms with Crippen molar-refractivity contribution in [2.45, 2.75) is 6.92 Å². The van der Waals surface area contributed by atoms with E-state index in [1.165, 1.54) is 0 Å². The molecule has 1 aromatic heterocycles. The molecule has 0 amide bonds. The fourth-order valence-corrected chi connectivity index (χ4v) is 1.80. The van der Waals surface area contributed by atoms with Crippen molar-refractivity contribution in [3.05, 3.63) is 34.4 Å². The van der Waals surface area contributed by atoms with Crippen molar-refractivity contribution < 1.29 is 0 Å². The van der Waals surface area contributed by atoms with Gasteiger partial charge in [-0.1, -0.05) is 28.1 Å². The minimum atomic E-state index is 0.456. The fraction of sp³-hybridized carbons (Fsp3) is 0.100. The maximum Gasteiger partial charge on any atom is 0.198 e. The van der Waals surface area contributed by atoms with E-state index < -0.39 is 0 Å². The molecule has 0 atom stereocenters. The Hall–Kier alpha value is -1.29. The number of nitrogens with two attached hydrogens (primary N) is 1. The number of imidazole rings is 1. The van der Waals surface area contributed by atoms with Gasteiger partial charge in [-0.3, -0.25) is 0 Å². The first-order valence-electron chi connectivity index (χ1n) is 4.25. The Morgan fingerprint density at radius 2 is 2.21 bits per heavy atom. The second kappa shape index (κ2) is 3.46. The van der Waals surface area contributed by atoms with Gasteiger partial charge < -0.3 is 10.7 Å². The maximum absolute atomic E-state index is 5.58. The molecule has 3 N–H and O–H groups in total. The van der Waals surface area contributed by atoms with Crippen LogP contribution >= 0.6 is 15.9 Å². The van der Waals surface area contributed by atoms with Crippen LogP contribution in [0.5, 0.6) is 0 Å². The Kier molecular flexibility index (Phi) is 2.29. The smallest absolute Gasteiger partial charge is 0.198 e. The highest BCUT2D eigenvalue weighted by atomic mass is 79.9. The molecule has 72 valence electrons. The summed E-state index contributed by atoms with van der Waals surface area (Å²) in [4.78, 5) is 7.20. The molecule has 14 heavy (non-hydrogen) atoms. The lowest BCUT2D eigenvalue weighted by atomic mass is 10.1. The highest BCUT2D eigenvalue weighted by Crippen LogP contribution is 2.24. The first-order valence-corrected chi connectivity index (χ1v) is 5.04. The summed E-state index contributed by atoms with van der Waals surface area (Å²) in [5.41, 5.74) is 8.53. The number of H-pyrrole nitrogens is 1. The lowest BCUT2D eigenvalue weighted by molar-refractivity contribution is 1.26. The summed E-state index contributed by atoms with van der Waals surface area (Å²) in [5, 5.41) is 0. The number of aromatic nitrogens is 2. The zero-order valence-corrected chi connectivity index (χ0v) is 9.30. The average Bonchev–Trinajstić information content (AvgIpc) is 2.45. The molecule has 4 heteroatoms. The largest absolute Gasteiger partial charge is 0.369 e. The Labute approximate surface area is 90.5 Å². The number of nitrogens with one attached hydrogen (secondary N) is 1. The normalized spacial score (nSPS) is 10.4. The van der Waals surface area contributed by atoms with Crippen LogP contribution in [0.4, 0.5) is 5.95 Å². The van der Waals surface area contributed by atoms with Gasteiger partial charge in [-0.05, 0) is 19.1 Å². The van der Waals surface area contributed by atoms with Gasteiger partial charge in [0.25, 0.3) is 0 Å². The quantitative estimate of drug-likeness (QED) is 0.819. The van der Waals surface area contributed by atoms with E-state index >= 15 is 0 Å². The standard InChI is InChI=1S/C10H10BrN3/c1-6-9(14-10(12)13-6)7-3-2-4-8(11)5-7/h2-5H,1H3,(H3,12,13,14). The van der Waals surface area contributed by atoms with Gasteiger partial charge in [-0.15, -0.1) is 0 Å². The summed E-state index contributed by atoms with van der Waals surface area (Å²) >= 11 is 3.42. The van der Waals surface area contributed by atoms with Gasteiger partial charge in [0.1, 0.15) is 0 Å². The van der Waals surface area contributed by atoms with Crippen LogP contribution in [0.15, 0.2) is 28.7 Å². The Bertz CT molecular complexity index is 462. The molecular weight excluding hydrogens is 242 g/mol. The number of benzene rings is 1. The second-order valence-corrected chi connectivity index (χ2v) is 4.02. The van der Waals surface area contributed by atoms with E-state index in [0.717, 1.165) is 21.4 Å². The monoisotopic (exact) mass is 251 g/mol. The van der Waals surface area contributed by atoms with Gasteiger partial charge in [0, 0.05) is 15.7 Å². The summed E-state index contributed by atoms with van der Waals surface area (Å²) < 4.78 is 1.04. The van der Waals surface area contributed by atoms with Crippen molar-refractivity contribution in [1.29, 1.82) is 0 Å². The minimum Gasteiger partial charge on any atom is -0.369 e. The Morgan fingerprint density at radius 3 is 2.79 bits per heavy atom. The molecule has 2 rings (SSSR count). The van der Waals surface area contributed by atoms with E-state index in [4.69, 9.17) is 5.73 Å². The van der Waals surface area contributed by atoms with Crippen molar-refractivity contribution in [2.75, 3.05) is 5.73 Å². The minimum absolute atomic E-state index is 0.456. The van der Waals surface area contributed by atoms with Gasteiger partial charge in [0.15, 0.2) is 5.95 Å². The number of hydrogen-bond donors (Lipinski definition) is 2. The molecule has 0 radical (unpaired) electrons. The number of rotatable bonds is 1. The maximum atomic E-state index is 5.58. The Morgan fingerprint density at radius 1 is 1.43 bits per heavy atom. The molecule has 0 saturated carbocycles. The van der Waals surface area contributed by atoms with Crippen molar-refractivity contribution in [1.82, 2.24) is 9.97 Å². The SMILES string of the molecule is Cc1[nH]c(N)nc1-c1cccc(Br)c1. The van der Waals surface area contributed by atoms with Crippen molar-refractivity contribution in [3.8, 4) is 11.3 Å². The van der Waals surface area contributed by atoms with E-state index in [0.29, 0.717) is 5.95 Å². The third kappa shape index (κ3) is 1.65. The fourth-order valence-electron chi connectivity index (χ4n) is 1.40. The van der Waals surface area contributed by atoms with Crippen LogP contribution in [0.1, 0.15) is 5.69 Å². The lowest BCUT2D eigenvalue weighted by Crippen LogP contribution is -1.85. The highest BCUT2D eigenvalue weighted by molar-refractivity contribution is 9.10. The number of nitrogens with zero attached hydrogens (tertiary/aromatic N) is 1. The van der Waals surface area contributed by atoms with Gasteiger partial charge in [-0.25, -0.2) is 4.98 Å². The topological polar surface area (TPSA) is 54.7 Å². The van der Waals surface area contributed by atoms with Crippen LogP contribution in [-0.2, 0) is 0 Å². The third-order valence-corrected chi connectivity index (χ3v) is 2.49. The van der Waals surface area contributed by atoms with E-state index in [-0.39, 0.29) is 0 Å². The molecule has 1 heterocycles.